The molecule has 0 radical (unpaired) electrons. The van der Waals surface area contributed by atoms with Crippen LogP contribution in [0.3, 0.4) is 0 Å². The molecule has 1 aromatic heterocycles. The number of fused-ring (bicyclic) bond motifs is 1. The van der Waals surface area contributed by atoms with E-state index >= 15 is 0 Å². The Morgan fingerprint density at radius 3 is 3.00 bits per heavy atom. The van der Waals surface area contributed by atoms with Crippen LogP contribution in [-0.2, 0) is 0 Å². The molecular formula is C11H11N5S. The zero-order chi connectivity index (χ0) is 12.1. The number of thiocarbonyl (C=S) groups is 1. The van der Waals surface area contributed by atoms with Gasteiger partial charge in [0, 0.05) is 17.1 Å². The molecule has 86 valence electrons. The number of hydrazine groups is 1. The topological polar surface area (TPSA) is 75.3 Å². The summed E-state index contributed by atoms with van der Waals surface area (Å²) in [6, 6.07) is 9.73. The Bertz CT molecular complexity index is 561. The molecule has 2 rings (SSSR count). The lowest BCUT2D eigenvalue weighted by Crippen LogP contribution is -2.37. The highest BCUT2D eigenvalue weighted by atomic mass is 32.1. The third kappa shape index (κ3) is 2.74. The molecule has 4 N–H and O–H groups in total. The number of benzene rings is 1. The van der Waals surface area contributed by atoms with Crippen molar-refractivity contribution in [3.8, 4) is 0 Å². The van der Waals surface area contributed by atoms with E-state index in [9.17, 15) is 0 Å². The maximum atomic E-state index is 5.10. The fourth-order valence-corrected chi connectivity index (χ4v) is 1.48. The van der Waals surface area contributed by atoms with Gasteiger partial charge in [-0.05, 0) is 24.4 Å². The fourth-order valence-electron chi connectivity index (χ4n) is 1.42. The highest BCUT2D eigenvalue weighted by molar-refractivity contribution is 7.80. The molecule has 0 fully saturated rings. The number of hydrogen-bond donors (Lipinski definition) is 3. The van der Waals surface area contributed by atoms with Crippen molar-refractivity contribution in [1.82, 2.24) is 15.8 Å². The summed E-state index contributed by atoms with van der Waals surface area (Å²) < 4.78 is 0. The summed E-state index contributed by atoms with van der Waals surface area (Å²) in [6.07, 6.45) is 3.41. The van der Waals surface area contributed by atoms with E-state index < -0.39 is 0 Å². The van der Waals surface area contributed by atoms with Crippen molar-refractivity contribution >= 4 is 34.4 Å². The first-order valence-corrected chi connectivity index (χ1v) is 5.35. The molecule has 0 spiro atoms. The molecule has 0 amide bonds. The largest absolute Gasteiger partial charge is 0.300 e. The minimum atomic E-state index is 0.264. The second kappa shape index (κ2) is 5.33. The normalized spacial score (nSPS) is 10.6. The van der Waals surface area contributed by atoms with Crippen molar-refractivity contribution in [2.75, 3.05) is 0 Å². The van der Waals surface area contributed by atoms with Crippen LogP contribution in [0.25, 0.3) is 10.9 Å². The highest BCUT2D eigenvalue weighted by Gasteiger charge is 1.97. The summed E-state index contributed by atoms with van der Waals surface area (Å²) in [5.74, 6) is 5.10. The van der Waals surface area contributed by atoms with Crippen LogP contribution in [-0.4, -0.2) is 16.3 Å². The van der Waals surface area contributed by atoms with Gasteiger partial charge in [0.1, 0.15) is 0 Å². The van der Waals surface area contributed by atoms with Gasteiger partial charge in [0.15, 0.2) is 0 Å². The van der Waals surface area contributed by atoms with Crippen LogP contribution in [0.15, 0.2) is 41.6 Å². The molecule has 0 atom stereocenters. The molecule has 0 saturated heterocycles. The first kappa shape index (κ1) is 11.4. The Hall–Kier alpha value is -2.05. The lowest BCUT2D eigenvalue weighted by Gasteiger charge is -2.01. The van der Waals surface area contributed by atoms with Gasteiger partial charge in [0.05, 0.1) is 11.7 Å². The average Bonchev–Trinajstić information content (AvgIpc) is 2.39. The zero-order valence-corrected chi connectivity index (χ0v) is 9.74. The van der Waals surface area contributed by atoms with Crippen molar-refractivity contribution in [2.24, 2.45) is 10.9 Å². The first-order valence-electron chi connectivity index (χ1n) is 4.94. The van der Waals surface area contributed by atoms with Crippen LogP contribution in [0.1, 0.15) is 5.56 Å². The predicted octanol–water partition coefficient (Wildman–Crippen LogP) is 0.906. The van der Waals surface area contributed by atoms with Crippen LogP contribution < -0.4 is 16.7 Å². The van der Waals surface area contributed by atoms with Gasteiger partial charge in [-0.25, -0.2) is 5.84 Å². The lowest BCUT2D eigenvalue weighted by molar-refractivity contribution is 0.930. The molecule has 1 heterocycles. The second-order valence-corrected chi connectivity index (χ2v) is 3.67. The number of rotatable bonds is 2. The number of para-hydroxylation sites is 1. The summed E-state index contributed by atoms with van der Waals surface area (Å²) in [5, 5.41) is 5.27. The number of aromatic nitrogens is 1. The summed E-state index contributed by atoms with van der Waals surface area (Å²) in [7, 11) is 0. The van der Waals surface area contributed by atoms with Gasteiger partial charge in [0.2, 0.25) is 5.11 Å². The molecule has 17 heavy (non-hydrogen) atoms. The molecule has 0 unspecified atom stereocenters. The van der Waals surface area contributed by atoms with Crippen LogP contribution in [0.5, 0.6) is 0 Å². The van der Waals surface area contributed by atoms with Crippen LogP contribution >= 0.6 is 12.2 Å². The summed E-state index contributed by atoms with van der Waals surface area (Å²) in [5.41, 5.74) is 6.76. The number of nitrogens with two attached hydrogens (primary N) is 1. The zero-order valence-electron chi connectivity index (χ0n) is 8.92. The van der Waals surface area contributed by atoms with E-state index in [2.05, 4.69) is 20.9 Å². The fraction of sp³-hybridized carbons (Fsp3) is 0. The van der Waals surface area contributed by atoms with Crippen molar-refractivity contribution in [2.45, 2.75) is 0 Å². The van der Waals surface area contributed by atoms with E-state index in [0.29, 0.717) is 0 Å². The van der Waals surface area contributed by atoms with E-state index in [4.69, 9.17) is 18.1 Å². The van der Waals surface area contributed by atoms with Crippen molar-refractivity contribution < 1.29 is 0 Å². The van der Waals surface area contributed by atoms with E-state index in [1.165, 1.54) is 0 Å². The van der Waals surface area contributed by atoms with Crippen molar-refractivity contribution in [3.05, 3.63) is 42.1 Å². The van der Waals surface area contributed by atoms with E-state index in [1.54, 1.807) is 12.4 Å². The quantitative estimate of drug-likeness (QED) is 0.317. The van der Waals surface area contributed by atoms with Crippen LogP contribution in [0.4, 0.5) is 0 Å². The molecule has 5 nitrogen and oxygen atoms in total. The van der Waals surface area contributed by atoms with Crippen molar-refractivity contribution in [1.29, 1.82) is 0 Å². The molecule has 2 aromatic rings. The van der Waals surface area contributed by atoms with Crippen molar-refractivity contribution in [3.63, 3.8) is 0 Å². The maximum Gasteiger partial charge on any atom is 0.201 e. The summed E-state index contributed by atoms with van der Waals surface area (Å²) in [4.78, 5) is 4.26. The van der Waals surface area contributed by atoms with Crippen LogP contribution in [0, 0.1) is 0 Å². The number of hydrazone groups is 1. The predicted molar refractivity (Wildman–Crippen MR) is 72.4 cm³/mol. The second-order valence-electron chi connectivity index (χ2n) is 3.26. The van der Waals surface area contributed by atoms with Crippen LogP contribution in [0.2, 0.25) is 0 Å². The Kier molecular flexibility index (Phi) is 3.59. The maximum absolute atomic E-state index is 5.10. The summed E-state index contributed by atoms with van der Waals surface area (Å²) >= 11 is 4.79. The Balaban J connectivity index is 2.27. The van der Waals surface area contributed by atoms with Gasteiger partial charge in [-0.2, -0.15) is 5.10 Å². The number of pyridine rings is 1. The molecule has 6 heteroatoms. The first-order chi connectivity index (χ1) is 8.31. The third-order valence-corrected chi connectivity index (χ3v) is 2.39. The summed E-state index contributed by atoms with van der Waals surface area (Å²) in [6.45, 7) is 0. The Morgan fingerprint density at radius 2 is 2.18 bits per heavy atom. The van der Waals surface area contributed by atoms with E-state index in [1.807, 2.05) is 30.3 Å². The van der Waals surface area contributed by atoms with Gasteiger partial charge in [0.25, 0.3) is 0 Å². The molecule has 0 saturated carbocycles. The molecule has 0 aliphatic heterocycles. The Morgan fingerprint density at radius 1 is 1.35 bits per heavy atom. The highest BCUT2D eigenvalue weighted by Crippen LogP contribution is 2.13. The third-order valence-electron chi connectivity index (χ3n) is 2.18. The molecular weight excluding hydrogens is 234 g/mol. The monoisotopic (exact) mass is 245 g/mol. The minimum absolute atomic E-state index is 0.264. The molecule has 0 aliphatic rings. The Labute approximate surface area is 104 Å². The molecule has 0 aliphatic carbocycles. The SMILES string of the molecule is NNC(=S)N/N=C/c1ccnc2ccccc12. The van der Waals surface area contributed by atoms with E-state index in [0.717, 1.165) is 16.5 Å². The standard InChI is InChI=1S/C11H11N5S/c12-15-11(17)16-14-7-8-5-6-13-10-4-2-1-3-9(8)10/h1-7H,12H2,(H2,15,16,17)/b14-7+. The number of hydrogen-bond acceptors (Lipinski definition) is 4. The average molecular weight is 245 g/mol. The number of nitrogens with zero attached hydrogens (tertiary/aromatic N) is 2. The molecule has 0 bridgehead atoms. The van der Waals surface area contributed by atoms with Gasteiger partial charge in [-0.3, -0.25) is 15.8 Å². The van der Waals surface area contributed by atoms with E-state index in [-0.39, 0.29) is 5.11 Å². The lowest BCUT2D eigenvalue weighted by atomic mass is 10.1. The van der Waals surface area contributed by atoms with Gasteiger partial charge >= 0.3 is 0 Å². The molecule has 1 aromatic carbocycles. The number of nitrogens with one attached hydrogen (secondary N) is 2. The minimum Gasteiger partial charge on any atom is -0.300 e. The van der Waals surface area contributed by atoms with Gasteiger partial charge < -0.3 is 0 Å². The van der Waals surface area contributed by atoms with Gasteiger partial charge in [-0.1, -0.05) is 18.2 Å². The smallest absolute Gasteiger partial charge is 0.201 e. The van der Waals surface area contributed by atoms with Gasteiger partial charge in [-0.15, -0.1) is 0 Å².